The second-order valence-corrected chi connectivity index (χ2v) is 9.45. The maximum Gasteiger partial charge on any atom is 0.363 e. The minimum Gasteiger partial charge on any atom is -0.421 e. The second-order valence-electron chi connectivity index (χ2n) is 7.33. The Morgan fingerprint density at radius 2 is 1.86 bits per heavy atom. The maximum atomic E-state index is 12.5. The summed E-state index contributed by atoms with van der Waals surface area (Å²) in [5.41, 5.74) is 1.78. The smallest absolute Gasteiger partial charge is 0.363 e. The van der Waals surface area contributed by atoms with Crippen molar-refractivity contribution in [1.82, 2.24) is 0 Å². The molecule has 3 aromatic carbocycles. The first-order valence-corrected chi connectivity index (χ1v) is 11.8. The average molecular weight is 621 g/mol. The van der Waals surface area contributed by atoms with Crippen LogP contribution in [0.4, 0.5) is 5.69 Å². The van der Waals surface area contributed by atoms with Crippen LogP contribution in [0.2, 0.25) is 5.02 Å². The zero-order valence-corrected chi connectivity index (χ0v) is 21.7. The summed E-state index contributed by atoms with van der Waals surface area (Å²) in [5, 5.41) is 11.1. The molecule has 0 aromatic heterocycles. The van der Waals surface area contributed by atoms with Gasteiger partial charge in [0.05, 0.1) is 19.4 Å². The van der Waals surface area contributed by atoms with Gasteiger partial charge in [0, 0.05) is 11.6 Å². The van der Waals surface area contributed by atoms with E-state index in [1.807, 2.05) is 13.0 Å². The molecule has 3 aromatic rings. The largest absolute Gasteiger partial charge is 0.421 e. The number of aliphatic imine (C=N–C) groups is 1. The van der Waals surface area contributed by atoms with Crippen molar-refractivity contribution < 1.29 is 24.0 Å². The number of aryl methyl sites for hydroxylation is 1. The monoisotopic (exact) mass is 618 g/mol. The van der Waals surface area contributed by atoms with Crippen molar-refractivity contribution in [2.24, 2.45) is 4.99 Å². The molecule has 176 valence electrons. The molecule has 0 radical (unpaired) electrons. The minimum absolute atomic E-state index is 0.0130. The van der Waals surface area contributed by atoms with E-state index in [2.05, 4.69) is 36.9 Å². The molecular weight excluding hydrogens is 608 g/mol. The van der Waals surface area contributed by atoms with Crippen LogP contribution in [-0.4, -0.2) is 22.8 Å². The average Bonchev–Trinajstić information content (AvgIpc) is 3.16. The zero-order valence-electron chi connectivity index (χ0n) is 17.8. The normalized spacial score (nSPS) is 14.0. The number of nitro groups is 1. The van der Waals surface area contributed by atoms with Crippen LogP contribution in [0.1, 0.15) is 27.0 Å². The van der Waals surface area contributed by atoms with Gasteiger partial charge in [-0.2, -0.15) is 0 Å². The van der Waals surface area contributed by atoms with Crippen molar-refractivity contribution in [3.8, 4) is 5.75 Å². The molecule has 11 heteroatoms. The molecule has 0 fully saturated rings. The molecule has 0 saturated carbocycles. The number of ether oxygens (including phenoxy) is 2. The van der Waals surface area contributed by atoms with Gasteiger partial charge in [-0.1, -0.05) is 29.3 Å². The van der Waals surface area contributed by atoms with Gasteiger partial charge in [0.15, 0.2) is 11.4 Å². The standard InChI is InChI=1S/C24H13Br2ClN2O6/c1-12-3-2-4-15(7-12)23(30)34-21-16(25)8-13(9-17(21)26)10-19-24(31)35-22(28-19)14-5-6-18(27)20(11-14)29(32)33/h2-11H,1H3/b19-10-. The lowest BCUT2D eigenvalue weighted by atomic mass is 10.1. The molecule has 0 unspecified atom stereocenters. The van der Waals surface area contributed by atoms with E-state index in [0.29, 0.717) is 20.1 Å². The highest BCUT2D eigenvalue weighted by Gasteiger charge is 2.26. The van der Waals surface area contributed by atoms with E-state index in [9.17, 15) is 19.7 Å². The van der Waals surface area contributed by atoms with Gasteiger partial charge in [-0.25, -0.2) is 14.6 Å². The van der Waals surface area contributed by atoms with Gasteiger partial charge in [0.25, 0.3) is 5.69 Å². The number of halogens is 3. The SMILES string of the molecule is Cc1cccc(C(=O)Oc2c(Br)cc(/C=C3\N=C(c4ccc(Cl)c([N+](=O)[O-])c4)OC3=O)cc2Br)c1. The van der Waals surface area contributed by atoms with Gasteiger partial charge in [-0.3, -0.25) is 10.1 Å². The molecule has 0 bridgehead atoms. The molecule has 1 aliphatic heterocycles. The molecule has 0 atom stereocenters. The number of cyclic esters (lactones) is 1. The van der Waals surface area contributed by atoms with Crippen LogP contribution in [0.5, 0.6) is 5.75 Å². The number of hydrogen-bond donors (Lipinski definition) is 0. The Morgan fingerprint density at radius 3 is 2.51 bits per heavy atom. The molecule has 8 nitrogen and oxygen atoms in total. The predicted octanol–water partition coefficient (Wildman–Crippen LogP) is 6.65. The molecule has 0 N–H and O–H groups in total. The van der Waals surface area contributed by atoms with Crippen LogP contribution in [0.3, 0.4) is 0 Å². The van der Waals surface area contributed by atoms with Gasteiger partial charge >= 0.3 is 11.9 Å². The third kappa shape index (κ3) is 5.50. The molecule has 1 heterocycles. The number of carbonyl (C=O) groups excluding carboxylic acids is 2. The quantitative estimate of drug-likeness (QED) is 0.104. The highest BCUT2D eigenvalue weighted by molar-refractivity contribution is 9.11. The summed E-state index contributed by atoms with van der Waals surface area (Å²) >= 11 is 12.6. The van der Waals surface area contributed by atoms with Crippen LogP contribution in [0, 0.1) is 17.0 Å². The Bertz CT molecular complexity index is 1450. The molecule has 0 aliphatic carbocycles. The molecule has 1 aliphatic rings. The van der Waals surface area contributed by atoms with Crippen LogP contribution >= 0.6 is 43.5 Å². The van der Waals surface area contributed by atoms with E-state index >= 15 is 0 Å². The van der Waals surface area contributed by atoms with Gasteiger partial charge in [-0.05, 0) is 86.8 Å². The van der Waals surface area contributed by atoms with Crippen molar-refractivity contribution in [1.29, 1.82) is 0 Å². The Balaban J connectivity index is 1.61. The molecule has 35 heavy (non-hydrogen) atoms. The van der Waals surface area contributed by atoms with Crippen molar-refractivity contribution >= 4 is 73.1 Å². The van der Waals surface area contributed by atoms with Crippen LogP contribution in [0.25, 0.3) is 6.08 Å². The number of hydrogen-bond acceptors (Lipinski definition) is 7. The Kier molecular flexibility index (Phi) is 7.15. The van der Waals surface area contributed by atoms with Crippen molar-refractivity contribution in [3.63, 3.8) is 0 Å². The van der Waals surface area contributed by atoms with E-state index < -0.39 is 16.9 Å². The van der Waals surface area contributed by atoms with Crippen LogP contribution < -0.4 is 4.74 Å². The Labute approximate surface area is 220 Å². The fourth-order valence-corrected chi connectivity index (χ4v) is 4.73. The Morgan fingerprint density at radius 1 is 1.14 bits per heavy atom. The van der Waals surface area contributed by atoms with Gasteiger partial charge in [0.2, 0.25) is 5.90 Å². The number of nitro benzene ring substituents is 1. The highest BCUT2D eigenvalue weighted by Crippen LogP contribution is 2.36. The van der Waals surface area contributed by atoms with Crippen LogP contribution in [-0.2, 0) is 9.53 Å². The second kappa shape index (κ2) is 10.1. The third-order valence-electron chi connectivity index (χ3n) is 4.78. The lowest BCUT2D eigenvalue weighted by molar-refractivity contribution is -0.384. The van der Waals surface area contributed by atoms with E-state index in [1.165, 1.54) is 24.3 Å². The number of nitrogens with zero attached hydrogens (tertiary/aromatic N) is 2. The highest BCUT2D eigenvalue weighted by atomic mass is 79.9. The first kappa shape index (κ1) is 24.8. The van der Waals surface area contributed by atoms with Gasteiger partial charge < -0.3 is 9.47 Å². The van der Waals surface area contributed by atoms with Crippen molar-refractivity contribution in [2.45, 2.75) is 6.92 Å². The molecule has 4 rings (SSSR count). The van der Waals surface area contributed by atoms with E-state index in [4.69, 9.17) is 21.1 Å². The summed E-state index contributed by atoms with van der Waals surface area (Å²) in [6.07, 6.45) is 1.47. The fourth-order valence-electron chi connectivity index (χ4n) is 3.16. The summed E-state index contributed by atoms with van der Waals surface area (Å²) in [7, 11) is 0. The lowest BCUT2D eigenvalue weighted by Crippen LogP contribution is -2.09. The Hall–Kier alpha value is -3.34. The summed E-state index contributed by atoms with van der Waals surface area (Å²) in [6, 6.07) is 14.3. The van der Waals surface area contributed by atoms with Gasteiger partial charge in [-0.15, -0.1) is 0 Å². The van der Waals surface area contributed by atoms with Crippen molar-refractivity contribution in [3.05, 3.63) is 107 Å². The van der Waals surface area contributed by atoms with E-state index in [1.54, 1.807) is 30.3 Å². The van der Waals surface area contributed by atoms with E-state index in [0.717, 1.165) is 5.56 Å². The summed E-state index contributed by atoms with van der Waals surface area (Å²) < 4.78 is 11.6. The maximum absolute atomic E-state index is 12.5. The first-order valence-electron chi connectivity index (χ1n) is 9.87. The van der Waals surface area contributed by atoms with Gasteiger partial charge in [0.1, 0.15) is 5.02 Å². The fraction of sp³-hybridized carbons (Fsp3) is 0.0417. The lowest BCUT2D eigenvalue weighted by Gasteiger charge is -2.10. The topological polar surface area (TPSA) is 108 Å². The first-order chi connectivity index (χ1) is 16.6. The number of rotatable bonds is 5. The molecular formula is C24H13Br2ClN2O6. The molecule has 0 saturated heterocycles. The minimum atomic E-state index is -0.722. The van der Waals surface area contributed by atoms with Crippen LogP contribution in [0.15, 0.2) is 74.2 Å². The van der Waals surface area contributed by atoms with Crippen molar-refractivity contribution in [2.75, 3.05) is 0 Å². The third-order valence-corrected chi connectivity index (χ3v) is 6.28. The van der Waals surface area contributed by atoms with E-state index in [-0.39, 0.29) is 33.6 Å². The summed E-state index contributed by atoms with van der Waals surface area (Å²) in [4.78, 5) is 39.6. The molecule has 0 spiro atoms. The summed E-state index contributed by atoms with van der Waals surface area (Å²) in [5.74, 6) is -1.06. The number of benzene rings is 3. The number of esters is 2. The number of carbonyl (C=O) groups is 2. The molecule has 0 amide bonds. The zero-order chi connectivity index (χ0) is 25.3. The predicted molar refractivity (Wildman–Crippen MR) is 137 cm³/mol. The summed E-state index contributed by atoms with van der Waals surface area (Å²) in [6.45, 7) is 1.88.